The van der Waals surface area contributed by atoms with Crippen molar-refractivity contribution in [2.45, 2.75) is 72.1 Å². The summed E-state index contributed by atoms with van der Waals surface area (Å²) in [5.74, 6) is 1.34. The number of hydrogen-bond donors (Lipinski definition) is 1. The Morgan fingerprint density at radius 3 is 2.76 bits per heavy atom. The summed E-state index contributed by atoms with van der Waals surface area (Å²) in [5, 5.41) is 15.8. The van der Waals surface area contributed by atoms with Gasteiger partial charge in [0.05, 0.1) is 5.56 Å². The lowest BCUT2D eigenvalue weighted by atomic mass is 9.92. The van der Waals surface area contributed by atoms with Gasteiger partial charge >= 0.3 is 0 Å². The van der Waals surface area contributed by atoms with E-state index in [2.05, 4.69) is 32.6 Å². The van der Waals surface area contributed by atoms with E-state index in [1.165, 1.54) is 0 Å². The third-order valence-electron chi connectivity index (χ3n) is 6.54. The molecule has 4 rings (SSSR count). The molecule has 178 valence electrons. The van der Waals surface area contributed by atoms with Gasteiger partial charge < -0.3 is 19.3 Å². The molecule has 1 N–H and O–H groups in total. The summed E-state index contributed by atoms with van der Waals surface area (Å²) in [5.41, 5.74) is 3.87. The zero-order valence-electron chi connectivity index (χ0n) is 19.8. The van der Waals surface area contributed by atoms with Gasteiger partial charge in [0.2, 0.25) is 11.8 Å². The summed E-state index contributed by atoms with van der Waals surface area (Å²) in [7, 11) is 0. The summed E-state index contributed by atoms with van der Waals surface area (Å²) in [6.45, 7) is 9.80. The minimum absolute atomic E-state index is 0.0998. The van der Waals surface area contributed by atoms with Gasteiger partial charge in [0.1, 0.15) is 18.1 Å². The van der Waals surface area contributed by atoms with Gasteiger partial charge in [-0.1, -0.05) is 25.9 Å². The predicted octanol–water partition coefficient (Wildman–Crippen LogP) is 4.20. The van der Waals surface area contributed by atoms with Gasteiger partial charge in [0.25, 0.3) is 0 Å². The zero-order valence-corrected chi connectivity index (χ0v) is 19.8. The van der Waals surface area contributed by atoms with E-state index in [4.69, 9.17) is 14.0 Å². The standard InChI is InChI=1S/C24H33N5O4/c1-5-20-19(23(29-33-20)17-10-14(2)16(4)25-12-17)13-32-21-11-15(3)22(28-27-21)24(30)26-18-6-8-31-9-7-18/h11-12,14-15,18,22H,5-10,13H2,1-4H3,(H,26,30). The van der Waals surface area contributed by atoms with Crippen molar-refractivity contribution >= 4 is 17.2 Å². The Balaban J connectivity index is 1.40. The van der Waals surface area contributed by atoms with Crippen molar-refractivity contribution < 1.29 is 18.8 Å². The molecule has 33 heavy (non-hydrogen) atoms. The van der Waals surface area contributed by atoms with Gasteiger partial charge in [-0.15, -0.1) is 5.11 Å². The van der Waals surface area contributed by atoms with E-state index in [0.29, 0.717) is 31.4 Å². The number of azo groups is 1. The van der Waals surface area contributed by atoms with E-state index in [9.17, 15) is 4.79 Å². The molecule has 1 aromatic heterocycles. The first-order valence-electron chi connectivity index (χ1n) is 11.8. The maximum atomic E-state index is 12.7. The first-order chi connectivity index (χ1) is 16.0. The highest BCUT2D eigenvalue weighted by Crippen LogP contribution is 2.32. The minimum Gasteiger partial charge on any atom is -0.472 e. The average Bonchev–Trinajstić information content (AvgIpc) is 3.23. The molecule has 0 bridgehead atoms. The van der Waals surface area contributed by atoms with E-state index in [-0.39, 0.29) is 24.5 Å². The minimum atomic E-state index is -0.549. The molecule has 0 radical (unpaired) electrons. The number of rotatable bonds is 7. The molecule has 0 saturated carbocycles. The number of aryl methyl sites for hydroxylation is 1. The zero-order chi connectivity index (χ0) is 23.4. The normalized spacial score (nSPS) is 25.8. The summed E-state index contributed by atoms with van der Waals surface area (Å²) < 4.78 is 16.9. The van der Waals surface area contributed by atoms with Crippen molar-refractivity contribution in [3.63, 3.8) is 0 Å². The number of aliphatic imine (C=N–C) groups is 1. The van der Waals surface area contributed by atoms with Crippen LogP contribution in [0.25, 0.3) is 5.57 Å². The van der Waals surface area contributed by atoms with E-state index in [0.717, 1.165) is 47.6 Å². The lowest BCUT2D eigenvalue weighted by Gasteiger charge is -2.26. The van der Waals surface area contributed by atoms with Crippen molar-refractivity contribution in [3.8, 4) is 0 Å². The molecular formula is C24H33N5O4. The van der Waals surface area contributed by atoms with Crippen LogP contribution in [0.4, 0.5) is 0 Å². The van der Waals surface area contributed by atoms with Crippen LogP contribution in [0.15, 0.2) is 37.9 Å². The number of aromatic nitrogens is 1. The monoisotopic (exact) mass is 455 g/mol. The number of allylic oxidation sites excluding steroid dienone is 1. The van der Waals surface area contributed by atoms with Crippen LogP contribution in [-0.2, 0) is 27.3 Å². The second-order valence-corrected chi connectivity index (χ2v) is 9.02. The van der Waals surface area contributed by atoms with Crippen LogP contribution < -0.4 is 5.32 Å². The van der Waals surface area contributed by atoms with Gasteiger partial charge in [-0.2, -0.15) is 5.11 Å². The van der Waals surface area contributed by atoms with Crippen LogP contribution >= 0.6 is 0 Å². The largest absolute Gasteiger partial charge is 0.472 e. The lowest BCUT2D eigenvalue weighted by Crippen LogP contribution is -2.45. The number of hydrogen-bond acceptors (Lipinski definition) is 8. The molecule has 4 heterocycles. The number of nitrogens with zero attached hydrogens (tertiary/aromatic N) is 4. The molecular weight excluding hydrogens is 422 g/mol. The molecule has 0 aliphatic carbocycles. The SMILES string of the molecule is CCc1onc(C2=CN=C(C)C(C)C2)c1COC1=CC(C)C(C(=O)NC2CCOCC2)N=N1. The molecule has 1 saturated heterocycles. The smallest absolute Gasteiger partial charge is 0.247 e. The number of amides is 1. The van der Waals surface area contributed by atoms with Crippen LogP contribution in [0.5, 0.6) is 0 Å². The van der Waals surface area contributed by atoms with Crippen molar-refractivity contribution in [1.82, 2.24) is 10.5 Å². The van der Waals surface area contributed by atoms with Gasteiger partial charge in [-0.3, -0.25) is 9.79 Å². The molecule has 1 fully saturated rings. The van der Waals surface area contributed by atoms with E-state index >= 15 is 0 Å². The van der Waals surface area contributed by atoms with Crippen molar-refractivity contribution in [3.05, 3.63) is 35.2 Å². The molecule has 0 aromatic carbocycles. The van der Waals surface area contributed by atoms with Gasteiger partial charge in [0.15, 0.2) is 6.04 Å². The molecule has 1 amide bonds. The van der Waals surface area contributed by atoms with Crippen molar-refractivity contribution in [2.24, 2.45) is 27.1 Å². The van der Waals surface area contributed by atoms with Gasteiger partial charge in [-0.25, -0.2) is 0 Å². The van der Waals surface area contributed by atoms with Crippen LogP contribution in [0.3, 0.4) is 0 Å². The van der Waals surface area contributed by atoms with E-state index in [1.807, 2.05) is 33.0 Å². The van der Waals surface area contributed by atoms with E-state index in [1.54, 1.807) is 0 Å². The number of carbonyl (C=O) groups is 1. The second-order valence-electron chi connectivity index (χ2n) is 9.02. The third-order valence-corrected chi connectivity index (χ3v) is 6.54. The Morgan fingerprint density at radius 2 is 2.06 bits per heavy atom. The Morgan fingerprint density at radius 1 is 1.27 bits per heavy atom. The molecule has 3 unspecified atom stereocenters. The maximum absolute atomic E-state index is 12.7. The first kappa shape index (κ1) is 23.4. The number of ether oxygens (including phenoxy) is 2. The summed E-state index contributed by atoms with van der Waals surface area (Å²) in [6.07, 6.45) is 6.96. The van der Waals surface area contributed by atoms with Gasteiger partial charge in [-0.05, 0) is 38.2 Å². The Hall–Kier alpha value is -2.81. The number of carbonyl (C=O) groups excluding carboxylic acids is 1. The predicted molar refractivity (Wildman–Crippen MR) is 123 cm³/mol. The molecule has 3 aliphatic rings. The molecule has 3 atom stereocenters. The first-order valence-corrected chi connectivity index (χ1v) is 11.8. The Bertz CT molecular complexity index is 987. The fourth-order valence-corrected chi connectivity index (χ4v) is 4.23. The van der Waals surface area contributed by atoms with Gasteiger partial charge in [0, 0.05) is 49.1 Å². The van der Waals surface area contributed by atoms with E-state index < -0.39 is 6.04 Å². The highest BCUT2D eigenvalue weighted by Gasteiger charge is 2.30. The lowest BCUT2D eigenvalue weighted by molar-refractivity contribution is -0.124. The third kappa shape index (κ3) is 5.40. The number of nitrogens with one attached hydrogen (secondary N) is 1. The van der Waals surface area contributed by atoms with Crippen LogP contribution in [-0.4, -0.2) is 42.1 Å². The summed E-state index contributed by atoms with van der Waals surface area (Å²) >= 11 is 0. The summed E-state index contributed by atoms with van der Waals surface area (Å²) in [6, 6.07) is -0.410. The maximum Gasteiger partial charge on any atom is 0.247 e. The van der Waals surface area contributed by atoms with Crippen LogP contribution in [0.2, 0.25) is 0 Å². The molecule has 0 spiro atoms. The highest BCUT2D eigenvalue weighted by molar-refractivity contribution is 5.89. The quantitative estimate of drug-likeness (QED) is 0.662. The molecule has 3 aliphatic heterocycles. The topological polar surface area (TPSA) is 111 Å². The van der Waals surface area contributed by atoms with Crippen molar-refractivity contribution in [1.29, 1.82) is 0 Å². The fraction of sp³-hybridized carbons (Fsp3) is 0.625. The Kier molecular flexibility index (Phi) is 7.37. The molecule has 1 aromatic rings. The fourth-order valence-electron chi connectivity index (χ4n) is 4.23. The average molecular weight is 456 g/mol. The van der Waals surface area contributed by atoms with Crippen LogP contribution in [0.1, 0.15) is 64.0 Å². The van der Waals surface area contributed by atoms with Crippen molar-refractivity contribution in [2.75, 3.05) is 13.2 Å². The molecule has 9 nitrogen and oxygen atoms in total. The van der Waals surface area contributed by atoms with Crippen LogP contribution in [0, 0.1) is 11.8 Å². The summed E-state index contributed by atoms with van der Waals surface area (Å²) in [4.78, 5) is 17.2. The highest BCUT2D eigenvalue weighted by atomic mass is 16.5. The molecule has 9 heteroatoms. The Labute approximate surface area is 194 Å². The second kappa shape index (κ2) is 10.4.